The summed E-state index contributed by atoms with van der Waals surface area (Å²) >= 11 is 0. The molecule has 0 aliphatic heterocycles. The molecular formula is C27H26N4O2. The Labute approximate surface area is 193 Å². The predicted molar refractivity (Wildman–Crippen MR) is 132 cm³/mol. The highest BCUT2D eigenvalue weighted by atomic mass is 16.5. The Bertz CT molecular complexity index is 1230. The SMILES string of the molecule is CCC(=O)OCc1cccc(-c2cnc(Nc3ccccc3)nc2Nc2ccccc2)c1C. The second-order valence-electron chi connectivity index (χ2n) is 7.54. The zero-order valence-electron chi connectivity index (χ0n) is 18.7. The molecule has 2 N–H and O–H groups in total. The number of carbonyl (C=O) groups excluding carboxylic acids is 1. The van der Waals surface area contributed by atoms with Crippen molar-refractivity contribution in [3.05, 3.63) is 96.2 Å². The van der Waals surface area contributed by atoms with Crippen LogP contribution in [0, 0.1) is 6.92 Å². The normalized spacial score (nSPS) is 10.5. The number of nitrogens with one attached hydrogen (secondary N) is 2. The number of hydrogen-bond donors (Lipinski definition) is 2. The van der Waals surface area contributed by atoms with Gasteiger partial charge in [0.1, 0.15) is 12.4 Å². The lowest BCUT2D eigenvalue weighted by atomic mass is 9.98. The smallest absolute Gasteiger partial charge is 0.305 e. The molecule has 4 aromatic rings. The largest absolute Gasteiger partial charge is 0.461 e. The number of rotatable bonds is 8. The first-order valence-electron chi connectivity index (χ1n) is 10.9. The standard InChI is InChI=1S/C27H26N4O2/c1-3-25(32)33-18-20-11-10-16-23(19(20)2)24-17-28-27(30-22-14-8-5-9-15-22)31-26(24)29-21-12-6-4-7-13-21/h4-17H,3,18H2,1-2H3,(H2,28,29,30,31). The molecule has 0 fully saturated rings. The molecule has 166 valence electrons. The summed E-state index contributed by atoms with van der Waals surface area (Å²) < 4.78 is 5.36. The van der Waals surface area contributed by atoms with Crippen molar-refractivity contribution in [3.8, 4) is 11.1 Å². The first kappa shape index (κ1) is 22.0. The van der Waals surface area contributed by atoms with E-state index >= 15 is 0 Å². The van der Waals surface area contributed by atoms with Crippen molar-refractivity contribution in [3.63, 3.8) is 0 Å². The van der Waals surface area contributed by atoms with E-state index < -0.39 is 0 Å². The van der Waals surface area contributed by atoms with Crippen LogP contribution in [0.25, 0.3) is 11.1 Å². The minimum Gasteiger partial charge on any atom is -0.461 e. The highest BCUT2D eigenvalue weighted by molar-refractivity contribution is 5.81. The maximum absolute atomic E-state index is 11.6. The van der Waals surface area contributed by atoms with Gasteiger partial charge >= 0.3 is 5.97 Å². The van der Waals surface area contributed by atoms with Gasteiger partial charge in [-0.3, -0.25) is 4.79 Å². The monoisotopic (exact) mass is 438 g/mol. The fourth-order valence-electron chi connectivity index (χ4n) is 3.44. The highest BCUT2D eigenvalue weighted by Gasteiger charge is 2.15. The quantitative estimate of drug-likeness (QED) is 0.310. The second kappa shape index (κ2) is 10.4. The number of carbonyl (C=O) groups is 1. The molecule has 0 radical (unpaired) electrons. The van der Waals surface area contributed by atoms with Gasteiger partial charge in [-0.05, 0) is 47.9 Å². The van der Waals surface area contributed by atoms with Crippen LogP contribution in [0.2, 0.25) is 0 Å². The van der Waals surface area contributed by atoms with Crippen LogP contribution in [0.1, 0.15) is 24.5 Å². The number of aromatic nitrogens is 2. The molecule has 6 heteroatoms. The van der Waals surface area contributed by atoms with Gasteiger partial charge in [0.25, 0.3) is 0 Å². The van der Waals surface area contributed by atoms with Crippen molar-refractivity contribution in [2.45, 2.75) is 26.9 Å². The lowest BCUT2D eigenvalue weighted by Gasteiger charge is -2.16. The van der Waals surface area contributed by atoms with Gasteiger partial charge in [0, 0.05) is 29.6 Å². The van der Waals surface area contributed by atoms with Crippen LogP contribution in [-0.4, -0.2) is 15.9 Å². The van der Waals surface area contributed by atoms with Gasteiger partial charge in [0.05, 0.1) is 0 Å². The summed E-state index contributed by atoms with van der Waals surface area (Å²) in [5, 5.41) is 6.68. The molecule has 0 amide bonds. The zero-order valence-corrected chi connectivity index (χ0v) is 18.7. The van der Waals surface area contributed by atoms with E-state index in [2.05, 4.69) is 15.6 Å². The first-order valence-corrected chi connectivity index (χ1v) is 10.9. The van der Waals surface area contributed by atoms with Crippen molar-refractivity contribution >= 4 is 29.1 Å². The van der Waals surface area contributed by atoms with Crippen molar-refractivity contribution in [1.29, 1.82) is 0 Å². The number of ether oxygens (including phenoxy) is 1. The van der Waals surface area contributed by atoms with Crippen molar-refractivity contribution < 1.29 is 9.53 Å². The highest BCUT2D eigenvalue weighted by Crippen LogP contribution is 2.33. The maximum atomic E-state index is 11.6. The van der Waals surface area contributed by atoms with Gasteiger partial charge < -0.3 is 15.4 Å². The molecule has 1 heterocycles. The van der Waals surface area contributed by atoms with Crippen molar-refractivity contribution in [1.82, 2.24) is 9.97 Å². The van der Waals surface area contributed by atoms with Gasteiger partial charge in [0.2, 0.25) is 5.95 Å². The molecule has 1 aromatic heterocycles. The minimum atomic E-state index is -0.217. The molecule has 6 nitrogen and oxygen atoms in total. The van der Waals surface area contributed by atoms with Gasteiger partial charge in [-0.15, -0.1) is 0 Å². The van der Waals surface area contributed by atoms with Gasteiger partial charge in [-0.25, -0.2) is 4.98 Å². The number of nitrogens with zero attached hydrogens (tertiary/aromatic N) is 2. The minimum absolute atomic E-state index is 0.217. The number of esters is 1. The van der Waals surface area contributed by atoms with E-state index in [0.717, 1.165) is 33.6 Å². The molecule has 33 heavy (non-hydrogen) atoms. The number of hydrogen-bond acceptors (Lipinski definition) is 6. The number of para-hydroxylation sites is 2. The first-order chi connectivity index (χ1) is 16.1. The summed E-state index contributed by atoms with van der Waals surface area (Å²) in [4.78, 5) is 21.0. The second-order valence-corrected chi connectivity index (χ2v) is 7.54. The zero-order chi connectivity index (χ0) is 23.0. The Hall–Kier alpha value is -4.19. The van der Waals surface area contributed by atoms with Crippen LogP contribution >= 0.6 is 0 Å². The van der Waals surface area contributed by atoms with Crippen LogP contribution in [-0.2, 0) is 16.1 Å². The molecule has 0 saturated carbocycles. The third-order valence-corrected chi connectivity index (χ3v) is 5.27. The Morgan fingerprint density at radius 1 is 0.848 bits per heavy atom. The molecule has 0 bridgehead atoms. The number of benzene rings is 3. The lowest BCUT2D eigenvalue weighted by Crippen LogP contribution is -2.05. The molecule has 0 aliphatic rings. The maximum Gasteiger partial charge on any atom is 0.305 e. The van der Waals surface area contributed by atoms with Crippen LogP contribution in [0.15, 0.2) is 85.1 Å². The van der Waals surface area contributed by atoms with Crippen LogP contribution in [0.4, 0.5) is 23.1 Å². The average molecular weight is 439 g/mol. The van der Waals surface area contributed by atoms with Crippen LogP contribution in [0.5, 0.6) is 0 Å². The summed E-state index contributed by atoms with van der Waals surface area (Å²) in [5.74, 6) is 0.959. The Morgan fingerprint density at radius 3 is 2.18 bits per heavy atom. The fraction of sp³-hybridized carbons (Fsp3) is 0.148. The van der Waals surface area contributed by atoms with Gasteiger partial charge in [-0.2, -0.15) is 4.98 Å². The third kappa shape index (κ3) is 5.54. The van der Waals surface area contributed by atoms with Crippen molar-refractivity contribution in [2.24, 2.45) is 0 Å². The van der Waals surface area contributed by atoms with E-state index in [1.165, 1.54) is 0 Å². The molecular weight excluding hydrogens is 412 g/mol. The molecule has 0 unspecified atom stereocenters. The molecule has 0 aliphatic carbocycles. The molecule has 3 aromatic carbocycles. The molecule has 0 saturated heterocycles. The summed E-state index contributed by atoms with van der Waals surface area (Å²) in [6.07, 6.45) is 2.17. The Balaban J connectivity index is 1.71. The van der Waals surface area contributed by atoms with Crippen molar-refractivity contribution in [2.75, 3.05) is 10.6 Å². The average Bonchev–Trinajstić information content (AvgIpc) is 2.85. The van der Waals surface area contributed by atoms with Crippen LogP contribution < -0.4 is 10.6 Å². The van der Waals surface area contributed by atoms with E-state index in [0.29, 0.717) is 18.2 Å². The summed E-state index contributed by atoms with van der Waals surface area (Å²) in [6, 6.07) is 25.7. The molecule has 0 spiro atoms. The summed E-state index contributed by atoms with van der Waals surface area (Å²) in [5.41, 5.74) is 5.64. The summed E-state index contributed by atoms with van der Waals surface area (Å²) in [6.45, 7) is 4.05. The van der Waals surface area contributed by atoms with Crippen LogP contribution in [0.3, 0.4) is 0 Å². The fourth-order valence-corrected chi connectivity index (χ4v) is 3.44. The van der Waals surface area contributed by atoms with Gasteiger partial charge in [-0.1, -0.05) is 61.5 Å². The number of anilines is 4. The van der Waals surface area contributed by atoms with Gasteiger partial charge in [0.15, 0.2) is 0 Å². The third-order valence-electron chi connectivity index (χ3n) is 5.27. The summed E-state index contributed by atoms with van der Waals surface area (Å²) in [7, 11) is 0. The topological polar surface area (TPSA) is 76.1 Å². The predicted octanol–water partition coefficient (Wildman–Crippen LogP) is 6.39. The van der Waals surface area contributed by atoms with E-state index in [-0.39, 0.29) is 12.6 Å². The Morgan fingerprint density at radius 2 is 1.52 bits per heavy atom. The van der Waals surface area contributed by atoms with E-state index in [4.69, 9.17) is 9.72 Å². The lowest BCUT2D eigenvalue weighted by molar-refractivity contribution is -0.144. The van der Waals surface area contributed by atoms with E-state index in [1.54, 1.807) is 6.92 Å². The molecule has 4 rings (SSSR count). The van der Waals surface area contributed by atoms with E-state index in [9.17, 15) is 4.79 Å². The Kier molecular flexibility index (Phi) is 6.95. The van der Waals surface area contributed by atoms with E-state index in [1.807, 2.05) is 92.0 Å². The molecule has 0 atom stereocenters.